The van der Waals surface area contributed by atoms with E-state index in [2.05, 4.69) is 75.8 Å². The van der Waals surface area contributed by atoms with Gasteiger partial charge in [-0.05, 0) is 49.2 Å². The summed E-state index contributed by atoms with van der Waals surface area (Å²) in [6.07, 6.45) is 1.05. The fraction of sp³-hybridized carbons (Fsp3) is 0.200. The first-order valence-corrected chi connectivity index (χ1v) is 7.50. The van der Waals surface area contributed by atoms with Crippen molar-refractivity contribution < 1.29 is 0 Å². The second-order valence-corrected chi connectivity index (χ2v) is 6.23. The van der Waals surface area contributed by atoms with Crippen LogP contribution in [0.25, 0.3) is 0 Å². The van der Waals surface area contributed by atoms with Crippen LogP contribution in [0.3, 0.4) is 0 Å². The van der Waals surface area contributed by atoms with Gasteiger partial charge in [0.05, 0.1) is 0 Å². The number of hydrogen-bond acceptors (Lipinski definition) is 2. The van der Waals surface area contributed by atoms with Crippen molar-refractivity contribution in [1.82, 2.24) is 4.31 Å². The third kappa shape index (κ3) is 4.16. The molecule has 0 aliphatic carbocycles. The van der Waals surface area contributed by atoms with Gasteiger partial charge in [-0.3, -0.25) is 0 Å². The molecule has 2 aromatic carbocycles. The molecule has 0 bridgehead atoms. The molecule has 0 aliphatic rings. The highest BCUT2D eigenvalue weighted by Gasteiger charge is 2.03. The van der Waals surface area contributed by atoms with Crippen LogP contribution in [-0.4, -0.2) is 17.9 Å². The molecule has 0 saturated carbocycles. The van der Waals surface area contributed by atoms with Gasteiger partial charge in [0, 0.05) is 15.9 Å². The van der Waals surface area contributed by atoms with Gasteiger partial charge in [0.2, 0.25) is 0 Å². The summed E-state index contributed by atoms with van der Waals surface area (Å²) in [5.41, 5.74) is 1.36. The molecule has 0 spiro atoms. The zero-order valence-electron chi connectivity index (χ0n) is 10.3. The van der Waals surface area contributed by atoms with Crippen molar-refractivity contribution in [3.8, 4) is 0 Å². The zero-order chi connectivity index (χ0) is 12.8. The van der Waals surface area contributed by atoms with Crippen molar-refractivity contribution >= 4 is 27.9 Å². The first kappa shape index (κ1) is 13.7. The summed E-state index contributed by atoms with van der Waals surface area (Å²) < 4.78 is 3.47. The van der Waals surface area contributed by atoms with Crippen molar-refractivity contribution in [3.05, 3.63) is 64.6 Å². The highest BCUT2D eigenvalue weighted by Crippen LogP contribution is 2.22. The van der Waals surface area contributed by atoms with Crippen molar-refractivity contribution in [2.75, 3.05) is 13.6 Å². The van der Waals surface area contributed by atoms with Gasteiger partial charge in [-0.1, -0.05) is 52.3 Å². The van der Waals surface area contributed by atoms with Gasteiger partial charge in [-0.2, -0.15) is 0 Å². The summed E-state index contributed by atoms with van der Waals surface area (Å²) in [5, 5.41) is 0. The molecule has 0 radical (unpaired) electrons. The monoisotopic (exact) mass is 321 g/mol. The smallest absolute Gasteiger partial charge is 0.0230 e. The predicted molar refractivity (Wildman–Crippen MR) is 82.8 cm³/mol. The molecule has 2 aromatic rings. The molecule has 3 heteroatoms. The quantitative estimate of drug-likeness (QED) is 0.738. The van der Waals surface area contributed by atoms with E-state index >= 15 is 0 Å². The number of likely N-dealkylation sites (N-methyl/N-ethyl adjacent to an activating group) is 1. The average molecular weight is 322 g/mol. The van der Waals surface area contributed by atoms with E-state index in [9.17, 15) is 0 Å². The highest BCUT2D eigenvalue weighted by molar-refractivity contribution is 9.10. The number of halogens is 1. The summed E-state index contributed by atoms with van der Waals surface area (Å²) in [7, 11) is 2.13. The highest BCUT2D eigenvalue weighted by atomic mass is 79.9. The molecule has 0 heterocycles. The van der Waals surface area contributed by atoms with E-state index in [0.717, 1.165) is 13.0 Å². The van der Waals surface area contributed by atoms with Crippen LogP contribution in [0.2, 0.25) is 0 Å². The number of hydrogen-bond donors (Lipinski definition) is 0. The Morgan fingerprint density at radius 1 is 1.00 bits per heavy atom. The maximum atomic E-state index is 3.59. The molecular weight excluding hydrogens is 306 g/mol. The summed E-state index contributed by atoms with van der Waals surface area (Å²) in [5.74, 6) is 0. The Balaban J connectivity index is 1.86. The van der Waals surface area contributed by atoms with E-state index in [-0.39, 0.29) is 0 Å². The lowest BCUT2D eigenvalue weighted by atomic mass is 10.1. The van der Waals surface area contributed by atoms with Gasteiger partial charge in [0.25, 0.3) is 0 Å². The summed E-state index contributed by atoms with van der Waals surface area (Å²) in [6, 6.07) is 18.9. The van der Waals surface area contributed by atoms with Crippen LogP contribution >= 0.6 is 27.9 Å². The summed E-state index contributed by atoms with van der Waals surface area (Å²) in [4.78, 5) is 1.28. The van der Waals surface area contributed by atoms with E-state index < -0.39 is 0 Å². The number of nitrogens with zero attached hydrogens (tertiary/aromatic N) is 1. The van der Waals surface area contributed by atoms with Crippen molar-refractivity contribution in [2.45, 2.75) is 11.3 Å². The van der Waals surface area contributed by atoms with E-state index in [1.165, 1.54) is 14.9 Å². The summed E-state index contributed by atoms with van der Waals surface area (Å²) >= 11 is 5.37. The van der Waals surface area contributed by atoms with Gasteiger partial charge in [-0.25, -0.2) is 4.31 Å². The van der Waals surface area contributed by atoms with Gasteiger partial charge in [0.1, 0.15) is 0 Å². The van der Waals surface area contributed by atoms with E-state index in [4.69, 9.17) is 0 Å². The van der Waals surface area contributed by atoms with Crippen molar-refractivity contribution in [2.24, 2.45) is 0 Å². The molecule has 0 fully saturated rings. The normalized spacial score (nSPS) is 10.8. The SMILES string of the molecule is CN(CCc1ccccc1Br)Sc1ccccc1. The fourth-order valence-corrected chi connectivity index (χ4v) is 2.99. The van der Waals surface area contributed by atoms with Crippen LogP contribution in [0.4, 0.5) is 0 Å². The van der Waals surface area contributed by atoms with Crippen LogP contribution in [-0.2, 0) is 6.42 Å². The molecule has 0 saturated heterocycles. The van der Waals surface area contributed by atoms with Crippen LogP contribution in [0.15, 0.2) is 64.0 Å². The topological polar surface area (TPSA) is 3.24 Å². The van der Waals surface area contributed by atoms with Crippen LogP contribution in [0.1, 0.15) is 5.56 Å². The first-order valence-electron chi connectivity index (χ1n) is 5.93. The molecule has 18 heavy (non-hydrogen) atoms. The molecule has 0 amide bonds. The third-order valence-corrected chi connectivity index (χ3v) is 4.41. The van der Waals surface area contributed by atoms with Crippen LogP contribution in [0, 0.1) is 0 Å². The van der Waals surface area contributed by atoms with Gasteiger partial charge >= 0.3 is 0 Å². The Kier molecular flexibility index (Phi) is 5.29. The number of rotatable bonds is 5. The lowest BCUT2D eigenvalue weighted by Gasteiger charge is -2.15. The van der Waals surface area contributed by atoms with E-state index in [0.29, 0.717) is 0 Å². The fourth-order valence-electron chi connectivity index (χ4n) is 1.69. The second kappa shape index (κ2) is 6.98. The minimum absolute atomic E-state index is 1.03. The average Bonchev–Trinajstić information content (AvgIpc) is 2.39. The van der Waals surface area contributed by atoms with Gasteiger partial charge in [0.15, 0.2) is 0 Å². The van der Waals surface area contributed by atoms with Crippen molar-refractivity contribution in [3.63, 3.8) is 0 Å². The first-order chi connectivity index (χ1) is 8.75. The van der Waals surface area contributed by atoms with Crippen LogP contribution < -0.4 is 0 Å². The largest absolute Gasteiger partial charge is 0.249 e. The third-order valence-electron chi connectivity index (χ3n) is 2.66. The number of benzene rings is 2. The zero-order valence-corrected chi connectivity index (χ0v) is 12.7. The van der Waals surface area contributed by atoms with E-state index in [1.54, 1.807) is 11.9 Å². The molecule has 0 N–H and O–H groups in total. The molecule has 1 nitrogen and oxygen atoms in total. The molecular formula is C15H16BrNS. The lowest BCUT2D eigenvalue weighted by Crippen LogP contribution is -2.13. The van der Waals surface area contributed by atoms with E-state index in [1.807, 2.05) is 6.07 Å². The minimum Gasteiger partial charge on any atom is -0.249 e. The lowest BCUT2D eigenvalue weighted by molar-refractivity contribution is 0.568. The predicted octanol–water partition coefficient (Wildman–Crippen LogP) is 4.63. The van der Waals surface area contributed by atoms with Crippen LogP contribution in [0.5, 0.6) is 0 Å². The standard InChI is InChI=1S/C15H16BrNS/c1-17(18-14-8-3-2-4-9-14)12-11-13-7-5-6-10-15(13)16/h2-10H,11-12H2,1H3. The van der Waals surface area contributed by atoms with Gasteiger partial charge < -0.3 is 0 Å². The van der Waals surface area contributed by atoms with Crippen molar-refractivity contribution in [1.29, 1.82) is 0 Å². The summed E-state index contributed by atoms with van der Waals surface area (Å²) in [6.45, 7) is 1.03. The maximum absolute atomic E-state index is 3.59. The molecule has 0 unspecified atom stereocenters. The molecule has 0 aliphatic heterocycles. The molecule has 0 aromatic heterocycles. The Morgan fingerprint density at radius 3 is 2.39 bits per heavy atom. The molecule has 94 valence electrons. The Hall–Kier alpha value is -0.770. The second-order valence-electron chi connectivity index (χ2n) is 4.10. The molecule has 0 atom stereocenters. The Labute approximate surface area is 121 Å². The van der Waals surface area contributed by atoms with Gasteiger partial charge in [-0.15, -0.1) is 0 Å². The Bertz CT molecular complexity index is 487. The maximum Gasteiger partial charge on any atom is 0.0230 e. The minimum atomic E-state index is 1.03. The Morgan fingerprint density at radius 2 is 1.67 bits per heavy atom. The molecule has 2 rings (SSSR count).